The van der Waals surface area contributed by atoms with Crippen molar-refractivity contribution in [1.29, 1.82) is 0 Å². The third-order valence-corrected chi connectivity index (χ3v) is 2.00. The van der Waals surface area contributed by atoms with Crippen LogP contribution in [0.5, 0.6) is 0 Å². The summed E-state index contributed by atoms with van der Waals surface area (Å²) in [6, 6.07) is 4.09. The van der Waals surface area contributed by atoms with Crippen LogP contribution in [0.25, 0.3) is 0 Å². The van der Waals surface area contributed by atoms with Gasteiger partial charge in [-0.3, -0.25) is 4.79 Å². The molecule has 0 saturated carbocycles. The zero-order valence-corrected chi connectivity index (χ0v) is 7.53. The van der Waals surface area contributed by atoms with Gasteiger partial charge in [0.05, 0.1) is 5.69 Å². The minimum atomic E-state index is -0.664. The smallest absolute Gasteiger partial charge is 0.186 e. The molecule has 1 aliphatic rings. The molecule has 1 unspecified atom stereocenters. The topological polar surface area (TPSA) is 38.7 Å². The number of hydrogen-bond acceptors (Lipinski definition) is 3. The molecule has 1 aliphatic heterocycles. The van der Waals surface area contributed by atoms with Crippen LogP contribution >= 0.6 is 0 Å². The summed E-state index contributed by atoms with van der Waals surface area (Å²) in [7, 11) is 0. The van der Waals surface area contributed by atoms with E-state index in [1.54, 1.807) is 6.92 Å². The maximum Gasteiger partial charge on any atom is 0.186 e. The predicted molar refractivity (Wildman–Crippen MR) is 49.1 cm³/mol. The van der Waals surface area contributed by atoms with Crippen LogP contribution in [0.2, 0.25) is 0 Å². The number of ether oxygens (including phenoxy) is 1. The number of carbonyl (C=O) groups is 1. The molecule has 0 radical (unpaired) electrons. The van der Waals surface area contributed by atoms with Gasteiger partial charge in [0, 0.05) is 18.6 Å². The van der Waals surface area contributed by atoms with Crippen molar-refractivity contribution >= 4 is 17.9 Å². The summed E-state index contributed by atoms with van der Waals surface area (Å²) < 4.78 is 18.0. The molecule has 4 heteroatoms. The standard InChI is InChI=1S/C10H8FNO2/c1-6-12-9-4-7(11)2-3-8(9)10(5-13)14-6/h2-5,10H,1H3. The number of aldehydes is 1. The summed E-state index contributed by atoms with van der Waals surface area (Å²) in [5, 5.41) is 0. The lowest BCUT2D eigenvalue weighted by atomic mass is 10.1. The number of carbonyl (C=O) groups excluding carboxylic acids is 1. The van der Waals surface area contributed by atoms with E-state index in [-0.39, 0.29) is 5.82 Å². The van der Waals surface area contributed by atoms with E-state index >= 15 is 0 Å². The van der Waals surface area contributed by atoms with Gasteiger partial charge >= 0.3 is 0 Å². The Balaban J connectivity index is 2.56. The fourth-order valence-corrected chi connectivity index (χ4v) is 1.40. The van der Waals surface area contributed by atoms with Crippen LogP contribution in [0.1, 0.15) is 18.6 Å². The van der Waals surface area contributed by atoms with Gasteiger partial charge in [0.2, 0.25) is 0 Å². The molecule has 72 valence electrons. The highest BCUT2D eigenvalue weighted by atomic mass is 19.1. The molecule has 0 spiro atoms. The molecule has 1 heterocycles. The Morgan fingerprint density at radius 2 is 2.36 bits per heavy atom. The fraction of sp³-hybridized carbons (Fsp3) is 0.200. The van der Waals surface area contributed by atoms with Gasteiger partial charge in [-0.2, -0.15) is 0 Å². The number of halogens is 1. The van der Waals surface area contributed by atoms with E-state index < -0.39 is 6.10 Å². The Labute approximate surface area is 80.2 Å². The maximum atomic E-state index is 12.9. The Morgan fingerprint density at radius 1 is 1.57 bits per heavy atom. The molecule has 1 atom stereocenters. The molecule has 0 fully saturated rings. The van der Waals surface area contributed by atoms with E-state index in [0.717, 1.165) is 0 Å². The molecule has 3 nitrogen and oxygen atoms in total. The summed E-state index contributed by atoms with van der Waals surface area (Å²) in [6.45, 7) is 1.63. The van der Waals surface area contributed by atoms with Crippen LogP contribution in [-0.2, 0) is 9.53 Å². The fourth-order valence-electron chi connectivity index (χ4n) is 1.40. The highest BCUT2D eigenvalue weighted by molar-refractivity contribution is 5.83. The Kier molecular flexibility index (Phi) is 2.04. The largest absolute Gasteiger partial charge is 0.465 e. The van der Waals surface area contributed by atoms with E-state index in [4.69, 9.17) is 4.74 Å². The summed E-state index contributed by atoms with van der Waals surface area (Å²) in [5.41, 5.74) is 1.07. The molecular weight excluding hydrogens is 185 g/mol. The lowest BCUT2D eigenvalue weighted by Crippen LogP contribution is -2.14. The van der Waals surface area contributed by atoms with Gasteiger partial charge < -0.3 is 4.74 Å². The number of fused-ring (bicyclic) bond motifs is 1. The van der Waals surface area contributed by atoms with Crippen molar-refractivity contribution in [2.45, 2.75) is 13.0 Å². The molecule has 14 heavy (non-hydrogen) atoms. The normalized spacial score (nSPS) is 19.3. The van der Waals surface area contributed by atoms with Crippen molar-refractivity contribution in [2.24, 2.45) is 4.99 Å². The lowest BCUT2D eigenvalue weighted by molar-refractivity contribution is -0.114. The summed E-state index contributed by atoms with van der Waals surface area (Å²) >= 11 is 0. The molecule has 0 amide bonds. The monoisotopic (exact) mass is 193 g/mol. The van der Waals surface area contributed by atoms with Gasteiger partial charge in [-0.25, -0.2) is 9.38 Å². The first-order valence-electron chi connectivity index (χ1n) is 4.17. The highest BCUT2D eigenvalue weighted by Gasteiger charge is 2.21. The number of hydrogen-bond donors (Lipinski definition) is 0. The average Bonchev–Trinajstić information content (AvgIpc) is 2.15. The lowest BCUT2D eigenvalue weighted by Gasteiger charge is -2.20. The van der Waals surface area contributed by atoms with Crippen molar-refractivity contribution in [3.05, 3.63) is 29.6 Å². The Hall–Kier alpha value is -1.71. The molecule has 0 saturated heterocycles. The quantitative estimate of drug-likeness (QED) is 0.641. The minimum absolute atomic E-state index is 0.369. The zero-order chi connectivity index (χ0) is 10.1. The van der Waals surface area contributed by atoms with Crippen LogP contribution in [0, 0.1) is 5.82 Å². The first kappa shape index (κ1) is 8.87. The number of rotatable bonds is 1. The van der Waals surface area contributed by atoms with Crippen LogP contribution in [0.3, 0.4) is 0 Å². The second-order valence-electron chi connectivity index (χ2n) is 3.01. The molecule has 2 rings (SSSR count). The Morgan fingerprint density at radius 3 is 3.07 bits per heavy atom. The van der Waals surface area contributed by atoms with Gasteiger partial charge in [0.25, 0.3) is 0 Å². The summed E-state index contributed by atoms with van der Waals surface area (Å²) in [5.74, 6) is 0.00653. The first-order valence-corrected chi connectivity index (χ1v) is 4.17. The maximum absolute atomic E-state index is 12.9. The van der Waals surface area contributed by atoms with Gasteiger partial charge in [0.15, 0.2) is 18.3 Å². The van der Waals surface area contributed by atoms with Crippen molar-refractivity contribution in [1.82, 2.24) is 0 Å². The van der Waals surface area contributed by atoms with Crippen LogP contribution in [-0.4, -0.2) is 12.2 Å². The van der Waals surface area contributed by atoms with Crippen molar-refractivity contribution in [3.63, 3.8) is 0 Å². The van der Waals surface area contributed by atoms with Crippen LogP contribution < -0.4 is 0 Å². The summed E-state index contributed by atoms with van der Waals surface area (Å²) in [6.07, 6.45) is 0.0117. The molecule has 1 aromatic rings. The van der Waals surface area contributed by atoms with E-state index in [0.29, 0.717) is 23.4 Å². The third kappa shape index (κ3) is 1.39. The van der Waals surface area contributed by atoms with E-state index in [9.17, 15) is 9.18 Å². The van der Waals surface area contributed by atoms with Gasteiger partial charge in [-0.05, 0) is 12.1 Å². The van der Waals surface area contributed by atoms with E-state index in [1.165, 1.54) is 18.2 Å². The molecular formula is C10H8FNO2. The second kappa shape index (κ2) is 3.21. The third-order valence-electron chi connectivity index (χ3n) is 2.00. The zero-order valence-electron chi connectivity index (χ0n) is 7.53. The minimum Gasteiger partial charge on any atom is -0.465 e. The molecule has 1 aromatic carbocycles. The number of aliphatic imine (C=N–C) groups is 1. The van der Waals surface area contributed by atoms with E-state index in [2.05, 4.69) is 4.99 Å². The molecule has 0 aliphatic carbocycles. The van der Waals surface area contributed by atoms with E-state index in [1.807, 2.05) is 0 Å². The van der Waals surface area contributed by atoms with Crippen LogP contribution in [0.15, 0.2) is 23.2 Å². The van der Waals surface area contributed by atoms with Gasteiger partial charge in [-0.1, -0.05) is 0 Å². The number of benzene rings is 1. The van der Waals surface area contributed by atoms with Crippen molar-refractivity contribution < 1.29 is 13.9 Å². The highest BCUT2D eigenvalue weighted by Crippen LogP contribution is 2.31. The van der Waals surface area contributed by atoms with Crippen molar-refractivity contribution in [3.8, 4) is 0 Å². The molecule has 0 aromatic heterocycles. The van der Waals surface area contributed by atoms with Gasteiger partial charge in [0.1, 0.15) is 5.82 Å². The number of nitrogens with zero attached hydrogens (tertiary/aromatic N) is 1. The van der Waals surface area contributed by atoms with Gasteiger partial charge in [-0.15, -0.1) is 0 Å². The first-order chi connectivity index (χ1) is 6.70. The summed E-state index contributed by atoms with van der Waals surface area (Å²) in [4.78, 5) is 14.7. The average molecular weight is 193 g/mol. The molecule has 0 bridgehead atoms. The second-order valence-corrected chi connectivity index (χ2v) is 3.01. The predicted octanol–water partition coefficient (Wildman–Crippen LogP) is 2.15. The SMILES string of the molecule is CC1=Nc2cc(F)ccc2C(C=O)O1. The van der Waals surface area contributed by atoms with Crippen molar-refractivity contribution in [2.75, 3.05) is 0 Å². The van der Waals surface area contributed by atoms with Crippen LogP contribution in [0.4, 0.5) is 10.1 Å². The molecule has 0 N–H and O–H groups in total. The Bertz CT molecular complexity index is 415.